The Morgan fingerprint density at radius 3 is 2.82 bits per heavy atom. The van der Waals surface area contributed by atoms with Crippen LogP contribution >= 0.6 is 0 Å². The van der Waals surface area contributed by atoms with Crippen LogP contribution in [0.3, 0.4) is 0 Å². The molecule has 4 fully saturated rings. The predicted molar refractivity (Wildman–Crippen MR) is 108 cm³/mol. The second-order valence-corrected chi connectivity index (χ2v) is 10.6. The van der Waals surface area contributed by atoms with Crippen molar-refractivity contribution in [1.29, 1.82) is 0 Å². The van der Waals surface area contributed by atoms with E-state index in [4.69, 9.17) is 4.11 Å². The van der Waals surface area contributed by atoms with Crippen molar-refractivity contribution >= 4 is 5.78 Å². The molecule has 0 amide bonds. The zero-order valence-corrected chi connectivity index (χ0v) is 17.0. The molecule has 4 nitrogen and oxygen atoms in total. The molecule has 28 heavy (non-hydrogen) atoms. The normalized spacial score (nSPS) is 49.9. The van der Waals surface area contributed by atoms with E-state index in [1.807, 2.05) is 12.3 Å². The molecule has 1 aromatic heterocycles. The summed E-state index contributed by atoms with van der Waals surface area (Å²) in [7, 11) is 0. The fourth-order valence-corrected chi connectivity index (χ4v) is 8.07. The molecule has 0 bridgehead atoms. The molecule has 0 radical (unpaired) electrons. The third-order valence-corrected chi connectivity index (χ3v) is 9.28. The number of nitrogens with zero attached hydrogens (tertiary/aromatic N) is 2. The summed E-state index contributed by atoms with van der Waals surface area (Å²) in [5.41, 5.74) is -1.41. The van der Waals surface area contributed by atoms with Crippen LogP contribution < -0.4 is 0 Å². The Morgan fingerprint density at radius 1 is 1.18 bits per heavy atom. The Labute approximate surface area is 173 Å². The van der Waals surface area contributed by atoms with E-state index in [2.05, 4.69) is 12.0 Å². The molecule has 4 aliphatic carbocycles. The molecule has 0 spiro atoms. The molecule has 1 heterocycles. The Morgan fingerprint density at radius 2 is 2.04 bits per heavy atom. The lowest BCUT2D eigenvalue weighted by atomic mass is 9.49. The maximum atomic E-state index is 13.2. The first kappa shape index (κ1) is 15.6. The average Bonchev–Trinajstić information content (AvgIpc) is 3.33. The second-order valence-electron chi connectivity index (χ2n) is 10.6. The van der Waals surface area contributed by atoms with Crippen LogP contribution in [-0.2, 0) is 11.3 Å². The van der Waals surface area contributed by atoms with Crippen LogP contribution in [0.2, 0.25) is 0 Å². The van der Waals surface area contributed by atoms with Gasteiger partial charge in [0, 0.05) is 22.4 Å². The highest BCUT2D eigenvalue weighted by Gasteiger charge is 2.58. The number of hydrogen-bond donors (Lipinski definition) is 1. The van der Waals surface area contributed by atoms with E-state index >= 15 is 0 Å². The van der Waals surface area contributed by atoms with Gasteiger partial charge >= 0.3 is 0 Å². The van der Waals surface area contributed by atoms with Gasteiger partial charge in [-0.1, -0.05) is 6.92 Å². The monoisotopic (exact) mass is 387 g/mol. The smallest absolute Gasteiger partial charge is 0.157 e. The molecule has 0 unspecified atom stereocenters. The lowest BCUT2D eigenvalue weighted by Gasteiger charge is -2.56. The number of fused-ring (bicyclic) bond motifs is 5. The molecule has 8 atom stereocenters. The largest absolute Gasteiger partial charge is 0.390 e. The second kappa shape index (κ2) is 6.68. The maximum Gasteiger partial charge on any atom is 0.157 e. The number of carbonyl (C=O) groups excluding carboxylic acids is 1. The first-order valence-corrected chi connectivity index (χ1v) is 11.3. The summed E-state index contributed by atoms with van der Waals surface area (Å²) in [4.78, 5) is 13.2. The summed E-state index contributed by atoms with van der Waals surface area (Å²) in [5.74, 6) is 3.24. The maximum absolute atomic E-state index is 13.2. The van der Waals surface area contributed by atoms with Crippen LogP contribution in [0.4, 0.5) is 0 Å². The van der Waals surface area contributed by atoms with Crippen molar-refractivity contribution in [2.75, 3.05) is 0 Å². The number of Topliss-reactive ketones (excluding diaryl/α,β-unsaturated/α-hetero) is 1. The minimum Gasteiger partial charge on any atom is -0.390 e. The van der Waals surface area contributed by atoms with Crippen molar-refractivity contribution in [3.8, 4) is 0 Å². The van der Waals surface area contributed by atoms with Gasteiger partial charge in [-0.05, 0) is 106 Å². The fourth-order valence-electron chi connectivity index (χ4n) is 8.07. The van der Waals surface area contributed by atoms with Gasteiger partial charge in [-0.2, -0.15) is 5.10 Å². The minimum absolute atomic E-state index is 0.0896. The van der Waals surface area contributed by atoms with Gasteiger partial charge in [0.05, 0.1) is 12.1 Å². The third kappa shape index (κ3) is 2.98. The van der Waals surface area contributed by atoms with Crippen molar-refractivity contribution < 1.29 is 14.0 Å². The third-order valence-electron chi connectivity index (χ3n) is 9.28. The van der Waals surface area contributed by atoms with Crippen LogP contribution in [-0.4, -0.2) is 26.3 Å². The Bertz CT molecular complexity index is 825. The van der Waals surface area contributed by atoms with E-state index < -0.39 is 12.5 Å². The van der Waals surface area contributed by atoms with Crippen molar-refractivity contribution in [3.05, 3.63) is 18.5 Å². The molecular weight excluding hydrogens is 348 g/mol. The Balaban J connectivity index is 1.30. The molecule has 0 aliphatic heterocycles. The number of aromatic nitrogens is 2. The van der Waals surface area contributed by atoms with Gasteiger partial charge in [0.1, 0.15) is 0 Å². The van der Waals surface area contributed by atoms with Gasteiger partial charge in [-0.3, -0.25) is 9.48 Å². The fraction of sp³-hybridized carbons (Fsp3) is 0.833. The van der Waals surface area contributed by atoms with Gasteiger partial charge in [-0.15, -0.1) is 0 Å². The van der Waals surface area contributed by atoms with E-state index in [0.29, 0.717) is 54.8 Å². The minimum atomic E-state index is -2.28. The number of hydrogen-bond acceptors (Lipinski definition) is 3. The SMILES string of the molecule is [2H]C([2H])([2H])[C@@]1(O)CC[C@H]2[C@H](CC[C@@H]3[C@@H]2CC[C@]2(C)[C@@H](C(=O)Cn4cccn4)CC[C@@H]32)C1. The number of ketones is 1. The summed E-state index contributed by atoms with van der Waals surface area (Å²) < 4.78 is 25.2. The lowest BCUT2D eigenvalue weighted by molar-refractivity contribution is -0.133. The average molecular weight is 388 g/mol. The molecule has 4 aliphatic rings. The van der Waals surface area contributed by atoms with Gasteiger partial charge in [0.15, 0.2) is 5.78 Å². The molecule has 4 saturated carbocycles. The van der Waals surface area contributed by atoms with E-state index in [9.17, 15) is 9.90 Å². The zero-order chi connectivity index (χ0) is 22.0. The number of carbonyl (C=O) groups is 1. The van der Waals surface area contributed by atoms with E-state index in [1.54, 1.807) is 10.9 Å². The first-order chi connectivity index (χ1) is 14.6. The van der Waals surface area contributed by atoms with Gasteiger partial charge in [0.2, 0.25) is 0 Å². The predicted octanol–water partition coefficient (Wildman–Crippen LogP) is 4.47. The molecule has 1 N–H and O–H groups in total. The first-order valence-electron chi connectivity index (χ1n) is 12.8. The standard InChI is InChI=1S/C24H36N2O2/c1-23(28)10-8-17-16(14-23)4-5-19-18(17)9-11-24(2)20(19)6-7-21(24)22(27)15-26-13-3-12-25-26/h3,12-13,16-21,28H,4-11,14-15H2,1-2H3/t16-,17+,18-,19-,20+,21-,23-,24+/m1/s1/i1D3. The van der Waals surface area contributed by atoms with Gasteiger partial charge < -0.3 is 5.11 Å². The van der Waals surface area contributed by atoms with Crippen molar-refractivity contribution in [1.82, 2.24) is 9.78 Å². The summed E-state index contributed by atoms with van der Waals surface area (Å²) in [6, 6.07) is 1.87. The molecule has 1 aromatic rings. The molecule has 0 aromatic carbocycles. The van der Waals surface area contributed by atoms with Gasteiger partial charge in [0.25, 0.3) is 0 Å². The summed E-state index contributed by atoms with van der Waals surface area (Å²) in [6.45, 7) is 0.465. The Kier molecular flexibility index (Phi) is 3.74. The summed E-state index contributed by atoms with van der Waals surface area (Å²) in [5, 5.41) is 15.1. The highest BCUT2D eigenvalue weighted by Crippen LogP contribution is 2.64. The topological polar surface area (TPSA) is 55.1 Å². The van der Waals surface area contributed by atoms with Crippen molar-refractivity contribution in [2.45, 2.75) is 83.7 Å². The quantitative estimate of drug-likeness (QED) is 0.832. The highest BCUT2D eigenvalue weighted by molar-refractivity contribution is 5.82. The molecule has 0 saturated heterocycles. The van der Waals surface area contributed by atoms with E-state index in [0.717, 1.165) is 44.9 Å². The zero-order valence-electron chi connectivity index (χ0n) is 20.0. The Hall–Kier alpha value is -1.16. The van der Waals surface area contributed by atoms with Crippen molar-refractivity contribution in [2.24, 2.45) is 40.9 Å². The lowest BCUT2D eigenvalue weighted by Crippen LogP contribution is -2.51. The molecule has 154 valence electrons. The van der Waals surface area contributed by atoms with Crippen LogP contribution in [0, 0.1) is 40.9 Å². The van der Waals surface area contributed by atoms with Crippen molar-refractivity contribution in [3.63, 3.8) is 0 Å². The van der Waals surface area contributed by atoms with Gasteiger partial charge in [-0.25, -0.2) is 0 Å². The molecule has 4 heteroatoms. The van der Waals surface area contributed by atoms with Crippen LogP contribution in [0.25, 0.3) is 0 Å². The molecule has 5 rings (SSSR count). The van der Waals surface area contributed by atoms with Crippen LogP contribution in [0.1, 0.15) is 75.7 Å². The van der Waals surface area contributed by atoms with Crippen LogP contribution in [0.15, 0.2) is 18.5 Å². The number of rotatable bonds is 3. The summed E-state index contributed by atoms with van der Waals surface area (Å²) in [6.07, 6.45) is 11.8. The summed E-state index contributed by atoms with van der Waals surface area (Å²) >= 11 is 0. The molecular formula is C24H36N2O2. The highest BCUT2D eigenvalue weighted by atomic mass is 16.3. The van der Waals surface area contributed by atoms with E-state index in [1.165, 1.54) is 0 Å². The number of aliphatic hydroxyl groups is 1. The van der Waals surface area contributed by atoms with E-state index in [-0.39, 0.29) is 11.3 Å². The van der Waals surface area contributed by atoms with Crippen LogP contribution in [0.5, 0.6) is 0 Å².